The van der Waals surface area contributed by atoms with Crippen LogP contribution in [-0.4, -0.2) is 55.7 Å². The van der Waals surface area contributed by atoms with Crippen molar-refractivity contribution in [1.82, 2.24) is 9.80 Å². The van der Waals surface area contributed by atoms with Gasteiger partial charge in [0.1, 0.15) is 6.17 Å². The molecule has 3 heteroatoms. The number of likely N-dealkylation sites (N-methyl/N-ethyl adjacent to an activating group) is 2. The maximum atomic E-state index is 13.2. The van der Waals surface area contributed by atoms with Gasteiger partial charge >= 0.3 is 0 Å². The van der Waals surface area contributed by atoms with E-state index in [4.69, 9.17) is 0 Å². The highest BCUT2D eigenvalue weighted by atomic mass is 19.1. The molecule has 0 aromatic carbocycles. The fraction of sp³-hybridized carbons (Fsp3) is 1.00. The summed E-state index contributed by atoms with van der Waals surface area (Å²) in [4.78, 5) is 4.12. The third-order valence-electron chi connectivity index (χ3n) is 2.47. The zero-order chi connectivity index (χ0) is 8.43. The van der Waals surface area contributed by atoms with Gasteiger partial charge in [0.05, 0.1) is 6.04 Å². The third-order valence-corrected chi connectivity index (χ3v) is 2.47. The molecule has 0 amide bonds. The molecule has 1 aliphatic rings. The summed E-state index contributed by atoms with van der Waals surface area (Å²) in [7, 11) is 3.95. The molecule has 2 nitrogen and oxygen atoms in total. The van der Waals surface area contributed by atoms with Gasteiger partial charge < -0.3 is 4.90 Å². The van der Waals surface area contributed by atoms with E-state index in [1.54, 1.807) is 0 Å². The van der Waals surface area contributed by atoms with Gasteiger partial charge in [-0.2, -0.15) is 0 Å². The summed E-state index contributed by atoms with van der Waals surface area (Å²) in [6, 6.07) is 0.116. The van der Waals surface area contributed by atoms with Crippen molar-refractivity contribution in [2.24, 2.45) is 0 Å². The first-order valence-corrected chi connectivity index (χ1v) is 4.18. The first-order chi connectivity index (χ1) is 5.15. The van der Waals surface area contributed by atoms with Crippen LogP contribution in [0.4, 0.5) is 4.39 Å². The van der Waals surface area contributed by atoms with Crippen LogP contribution in [0.2, 0.25) is 0 Å². The fourth-order valence-corrected chi connectivity index (χ4v) is 1.58. The number of alkyl halides is 1. The number of nitrogens with zero attached hydrogens (tertiary/aromatic N) is 2. The van der Waals surface area contributed by atoms with Crippen molar-refractivity contribution in [3.63, 3.8) is 0 Å². The molecule has 1 fully saturated rings. The van der Waals surface area contributed by atoms with E-state index in [1.807, 2.05) is 19.0 Å². The van der Waals surface area contributed by atoms with E-state index in [0.29, 0.717) is 6.54 Å². The number of halogens is 1. The summed E-state index contributed by atoms with van der Waals surface area (Å²) in [6.07, 6.45) is -0.662. The van der Waals surface area contributed by atoms with Crippen LogP contribution in [-0.2, 0) is 0 Å². The second kappa shape index (κ2) is 3.50. The molecular formula is C8H17FN2. The molecule has 1 rings (SSSR count). The molecule has 0 spiro atoms. The Kier molecular flexibility index (Phi) is 2.84. The highest BCUT2D eigenvalue weighted by Gasteiger charge is 2.32. The molecule has 0 aliphatic carbocycles. The number of likely N-dealkylation sites (tertiary alicyclic amines) is 1. The molecule has 0 saturated carbocycles. The van der Waals surface area contributed by atoms with E-state index in [9.17, 15) is 4.39 Å². The summed E-state index contributed by atoms with van der Waals surface area (Å²) in [5.41, 5.74) is 0. The van der Waals surface area contributed by atoms with E-state index >= 15 is 0 Å². The number of hydrogen-bond acceptors (Lipinski definition) is 2. The Morgan fingerprint density at radius 3 is 2.55 bits per heavy atom. The van der Waals surface area contributed by atoms with E-state index in [2.05, 4.69) is 11.8 Å². The molecular weight excluding hydrogens is 143 g/mol. The van der Waals surface area contributed by atoms with Gasteiger partial charge in [0.25, 0.3) is 0 Å². The topological polar surface area (TPSA) is 6.48 Å². The van der Waals surface area contributed by atoms with Crippen LogP contribution in [0.3, 0.4) is 0 Å². The van der Waals surface area contributed by atoms with Gasteiger partial charge in [-0.15, -0.1) is 0 Å². The average Bonchev–Trinajstić information content (AvgIpc) is 2.28. The summed E-state index contributed by atoms with van der Waals surface area (Å²) in [6.45, 7) is 4.45. The van der Waals surface area contributed by atoms with Crippen molar-refractivity contribution in [2.75, 3.05) is 33.7 Å². The molecule has 1 saturated heterocycles. The normalized spacial score (nSPS) is 33.5. The summed E-state index contributed by atoms with van der Waals surface area (Å²) < 4.78 is 13.2. The second-order valence-electron chi connectivity index (χ2n) is 3.38. The zero-order valence-electron chi connectivity index (χ0n) is 7.55. The standard InChI is InChI=1S/C8H17FN2/c1-4-11(3)8-6-10(2)5-7(8)9/h7-8H,4-6H2,1-3H3. The van der Waals surface area contributed by atoms with Crippen LogP contribution in [0.5, 0.6) is 0 Å². The van der Waals surface area contributed by atoms with Crippen LogP contribution in [0.15, 0.2) is 0 Å². The van der Waals surface area contributed by atoms with Gasteiger partial charge in [-0.05, 0) is 20.6 Å². The van der Waals surface area contributed by atoms with Crippen molar-refractivity contribution >= 4 is 0 Å². The lowest BCUT2D eigenvalue weighted by Gasteiger charge is -2.23. The predicted octanol–water partition coefficient (Wildman–Crippen LogP) is 0.590. The summed E-state index contributed by atoms with van der Waals surface area (Å²) in [5.74, 6) is 0. The van der Waals surface area contributed by atoms with Crippen molar-refractivity contribution in [2.45, 2.75) is 19.1 Å². The molecule has 11 heavy (non-hydrogen) atoms. The van der Waals surface area contributed by atoms with Crippen molar-refractivity contribution in [1.29, 1.82) is 0 Å². The molecule has 2 atom stereocenters. The first kappa shape index (κ1) is 8.94. The number of rotatable bonds is 2. The Balaban J connectivity index is 2.45. The molecule has 0 radical (unpaired) electrons. The van der Waals surface area contributed by atoms with Crippen LogP contribution in [0.1, 0.15) is 6.92 Å². The van der Waals surface area contributed by atoms with Crippen LogP contribution in [0.25, 0.3) is 0 Å². The van der Waals surface area contributed by atoms with Gasteiger partial charge in [0.15, 0.2) is 0 Å². The van der Waals surface area contributed by atoms with Crippen molar-refractivity contribution in [3.8, 4) is 0 Å². The number of hydrogen-bond donors (Lipinski definition) is 0. The highest BCUT2D eigenvalue weighted by Crippen LogP contribution is 2.15. The Labute approximate surface area is 68.0 Å². The molecule has 0 bridgehead atoms. The Morgan fingerprint density at radius 1 is 1.55 bits per heavy atom. The predicted molar refractivity (Wildman–Crippen MR) is 44.5 cm³/mol. The molecule has 0 aromatic rings. The highest BCUT2D eigenvalue weighted by molar-refractivity contribution is 4.88. The van der Waals surface area contributed by atoms with Crippen molar-refractivity contribution in [3.05, 3.63) is 0 Å². The summed E-state index contributed by atoms with van der Waals surface area (Å²) >= 11 is 0. The summed E-state index contributed by atoms with van der Waals surface area (Å²) in [5, 5.41) is 0. The van der Waals surface area contributed by atoms with Gasteiger partial charge in [-0.3, -0.25) is 4.90 Å². The molecule has 66 valence electrons. The SMILES string of the molecule is CCN(C)C1CN(C)CC1F. The Morgan fingerprint density at radius 2 is 2.18 bits per heavy atom. The molecule has 1 aliphatic heterocycles. The van der Waals surface area contributed by atoms with Crippen LogP contribution in [0, 0.1) is 0 Å². The Bertz CT molecular complexity index is 125. The lowest BCUT2D eigenvalue weighted by Crippen LogP contribution is -2.38. The van der Waals surface area contributed by atoms with Gasteiger partial charge in [0, 0.05) is 13.1 Å². The minimum atomic E-state index is -0.662. The average molecular weight is 160 g/mol. The van der Waals surface area contributed by atoms with Crippen molar-refractivity contribution < 1.29 is 4.39 Å². The van der Waals surface area contributed by atoms with Gasteiger partial charge in [-0.1, -0.05) is 6.92 Å². The largest absolute Gasteiger partial charge is 0.302 e. The third kappa shape index (κ3) is 1.91. The maximum Gasteiger partial charge on any atom is 0.129 e. The zero-order valence-corrected chi connectivity index (χ0v) is 7.55. The lowest BCUT2D eigenvalue weighted by atomic mass is 10.2. The van der Waals surface area contributed by atoms with E-state index < -0.39 is 6.17 Å². The minimum Gasteiger partial charge on any atom is -0.302 e. The van der Waals surface area contributed by atoms with E-state index in [1.165, 1.54) is 0 Å². The smallest absolute Gasteiger partial charge is 0.129 e. The Hall–Kier alpha value is -0.150. The fourth-order valence-electron chi connectivity index (χ4n) is 1.58. The van der Waals surface area contributed by atoms with Crippen LogP contribution >= 0.6 is 0 Å². The quantitative estimate of drug-likeness (QED) is 0.583. The van der Waals surface area contributed by atoms with E-state index in [-0.39, 0.29) is 6.04 Å². The van der Waals surface area contributed by atoms with Crippen LogP contribution < -0.4 is 0 Å². The van der Waals surface area contributed by atoms with Gasteiger partial charge in [-0.25, -0.2) is 4.39 Å². The van der Waals surface area contributed by atoms with Gasteiger partial charge in [0.2, 0.25) is 0 Å². The second-order valence-corrected chi connectivity index (χ2v) is 3.38. The maximum absolute atomic E-state index is 13.2. The monoisotopic (exact) mass is 160 g/mol. The molecule has 0 aromatic heterocycles. The lowest BCUT2D eigenvalue weighted by molar-refractivity contribution is 0.180. The first-order valence-electron chi connectivity index (χ1n) is 4.18. The molecule has 1 heterocycles. The molecule has 0 N–H and O–H groups in total. The molecule has 2 unspecified atom stereocenters. The van der Waals surface area contributed by atoms with E-state index in [0.717, 1.165) is 13.1 Å². The minimum absolute atomic E-state index is 0.116.